The average molecular weight is 281 g/mol. The Balaban J connectivity index is 2.28. The van der Waals surface area contributed by atoms with E-state index in [9.17, 15) is 9.90 Å². The fourth-order valence-electron chi connectivity index (χ4n) is 2.60. The van der Waals surface area contributed by atoms with Gasteiger partial charge in [-0.1, -0.05) is 6.92 Å². The van der Waals surface area contributed by atoms with Crippen molar-refractivity contribution in [1.29, 1.82) is 0 Å². The lowest BCUT2D eigenvalue weighted by molar-refractivity contribution is 0.0511. The van der Waals surface area contributed by atoms with Gasteiger partial charge in [-0.3, -0.25) is 0 Å². The summed E-state index contributed by atoms with van der Waals surface area (Å²) in [4.78, 5) is 18.6. The lowest BCUT2D eigenvalue weighted by Gasteiger charge is -2.31. The molecule has 6 nitrogen and oxygen atoms in total. The van der Waals surface area contributed by atoms with Crippen molar-refractivity contribution < 1.29 is 14.6 Å². The number of carbonyl (C=O) groups is 1. The second-order valence-corrected chi connectivity index (χ2v) is 5.31. The minimum atomic E-state index is -0.428. The van der Waals surface area contributed by atoms with Crippen LogP contribution in [-0.4, -0.2) is 40.3 Å². The number of nitrogens with zero attached hydrogens (tertiary/aromatic N) is 3. The van der Waals surface area contributed by atoms with Gasteiger partial charge in [0.25, 0.3) is 0 Å². The highest BCUT2D eigenvalue weighted by Gasteiger charge is 2.26. The Morgan fingerprint density at radius 1 is 1.45 bits per heavy atom. The number of aliphatic hydroxyl groups excluding tert-OH is 1. The number of rotatable bonds is 4. The molecule has 1 aliphatic heterocycles. The second kappa shape index (κ2) is 6.26. The van der Waals surface area contributed by atoms with Crippen LogP contribution in [0.25, 0.3) is 0 Å². The van der Waals surface area contributed by atoms with Crippen molar-refractivity contribution in [2.24, 2.45) is 13.0 Å². The number of hydrogen-bond acceptors (Lipinski definition) is 5. The van der Waals surface area contributed by atoms with Crippen LogP contribution in [0.5, 0.6) is 0 Å². The molecule has 2 rings (SSSR count). The maximum atomic E-state index is 12.0. The number of aliphatic hydroxyl groups is 1. The molecule has 2 heterocycles. The quantitative estimate of drug-likeness (QED) is 0.843. The largest absolute Gasteiger partial charge is 0.461 e. The van der Waals surface area contributed by atoms with Crippen molar-refractivity contribution in [3.8, 4) is 0 Å². The average Bonchev–Trinajstić information content (AvgIpc) is 2.77. The molecule has 1 N–H and O–H groups in total. The van der Waals surface area contributed by atoms with Gasteiger partial charge >= 0.3 is 5.97 Å². The molecule has 0 unspecified atom stereocenters. The van der Waals surface area contributed by atoms with E-state index in [2.05, 4.69) is 16.8 Å². The van der Waals surface area contributed by atoms with Crippen LogP contribution in [0.4, 0.5) is 5.95 Å². The highest BCUT2D eigenvalue weighted by molar-refractivity contribution is 5.89. The summed E-state index contributed by atoms with van der Waals surface area (Å²) in [6.07, 6.45) is 2.24. The van der Waals surface area contributed by atoms with Gasteiger partial charge in [-0.25, -0.2) is 9.78 Å². The number of imidazole rings is 1. The third-order valence-electron chi connectivity index (χ3n) is 3.83. The Labute approximate surface area is 119 Å². The summed E-state index contributed by atoms with van der Waals surface area (Å²) < 4.78 is 6.78. The maximum absolute atomic E-state index is 12.0. The third-order valence-corrected chi connectivity index (χ3v) is 3.83. The highest BCUT2D eigenvalue weighted by atomic mass is 16.5. The molecule has 1 aromatic heterocycles. The second-order valence-electron chi connectivity index (χ2n) is 5.31. The van der Waals surface area contributed by atoms with E-state index in [1.165, 1.54) is 0 Å². The molecule has 1 saturated heterocycles. The number of esters is 1. The number of anilines is 1. The van der Waals surface area contributed by atoms with Gasteiger partial charge in [0, 0.05) is 20.1 Å². The van der Waals surface area contributed by atoms with Crippen LogP contribution < -0.4 is 4.90 Å². The number of carbonyl (C=O) groups excluding carboxylic acids is 1. The number of hydrogen-bond donors (Lipinski definition) is 1. The minimum absolute atomic E-state index is 0.258. The summed E-state index contributed by atoms with van der Waals surface area (Å²) in [5.74, 6) is 1.04. The van der Waals surface area contributed by atoms with E-state index in [1.54, 1.807) is 18.5 Å². The van der Waals surface area contributed by atoms with Gasteiger partial charge in [-0.2, -0.15) is 0 Å². The molecule has 1 aromatic rings. The predicted octanol–water partition coefficient (Wildman–Crippen LogP) is 1.33. The van der Waals surface area contributed by atoms with E-state index in [0.29, 0.717) is 18.0 Å². The normalized spacial score (nSPS) is 16.5. The molecule has 0 aliphatic carbocycles. The summed E-state index contributed by atoms with van der Waals surface area (Å²) >= 11 is 0. The zero-order chi connectivity index (χ0) is 14.7. The lowest BCUT2D eigenvalue weighted by atomic mass is 10.00. The van der Waals surface area contributed by atoms with E-state index in [4.69, 9.17) is 4.74 Å². The van der Waals surface area contributed by atoms with Gasteiger partial charge in [0.05, 0.1) is 13.2 Å². The molecular weight excluding hydrogens is 258 g/mol. The Morgan fingerprint density at radius 2 is 2.10 bits per heavy atom. The summed E-state index contributed by atoms with van der Waals surface area (Å²) in [5, 5.41) is 9.41. The smallest absolute Gasteiger partial charge is 0.357 e. The van der Waals surface area contributed by atoms with E-state index in [1.807, 2.05) is 0 Å². The molecule has 112 valence electrons. The van der Waals surface area contributed by atoms with Crippen LogP contribution in [0.1, 0.15) is 42.9 Å². The number of aromatic nitrogens is 2. The summed E-state index contributed by atoms with van der Waals surface area (Å²) in [6, 6.07) is 0. The Hall–Kier alpha value is -1.56. The first-order valence-electron chi connectivity index (χ1n) is 7.17. The Bertz CT molecular complexity index is 476. The van der Waals surface area contributed by atoms with E-state index in [0.717, 1.165) is 37.8 Å². The summed E-state index contributed by atoms with van der Waals surface area (Å²) in [6.45, 7) is 5.93. The van der Waals surface area contributed by atoms with Gasteiger partial charge in [0.2, 0.25) is 5.95 Å². The van der Waals surface area contributed by atoms with Gasteiger partial charge < -0.3 is 19.3 Å². The molecule has 1 aliphatic rings. The molecule has 0 aromatic carbocycles. The van der Waals surface area contributed by atoms with Crippen LogP contribution in [0, 0.1) is 5.92 Å². The molecule has 20 heavy (non-hydrogen) atoms. The fraction of sp³-hybridized carbons (Fsp3) is 0.714. The van der Waals surface area contributed by atoms with Crippen molar-refractivity contribution in [1.82, 2.24) is 9.55 Å². The van der Waals surface area contributed by atoms with Crippen molar-refractivity contribution in [2.45, 2.75) is 33.3 Å². The van der Waals surface area contributed by atoms with E-state index < -0.39 is 5.97 Å². The molecular formula is C14H23N3O3. The Kier molecular flexibility index (Phi) is 4.65. The van der Waals surface area contributed by atoms with E-state index in [-0.39, 0.29) is 6.61 Å². The lowest BCUT2D eigenvalue weighted by Crippen LogP contribution is -2.34. The number of ether oxygens (including phenoxy) is 1. The van der Waals surface area contributed by atoms with Gasteiger partial charge in [0.15, 0.2) is 5.69 Å². The van der Waals surface area contributed by atoms with Crippen LogP contribution in [0.2, 0.25) is 0 Å². The molecule has 0 radical (unpaired) electrons. The molecule has 0 atom stereocenters. The van der Waals surface area contributed by atoms with Crippen molar-refractivity contribution in [3.05, 3.63) is 11.4 Å². The molecule has 0 spiro atoms. The maximum Gasteiger partial charge on any atom is 0.357 e. The van der Waals surface area contributed by atoms with Crippen LogP contribution in [-0.2, 0) is 18.4 Å². The Morgan fingerprint density at radius 3 is 2.65 bits per heavy atom. The first-order valence-corrected chi connectivity index (χ1v) is 7.17. The van der Waals surface area contributed by atoms with Gasteiger partial charge in [-0.05, 0) is 25.7 Å². The SMILES string of the molecule is CCOC(=O)c1c(CO)nc(N2CCC(C)CC2)n1C. The summed E-state index contributed by atoms with van der Waals surface area (Å²) in [7, 11) is 1.80. The molecule has 6 heteroatoms. The monoisotopic (exact) mass is 281 g/mol. The van der Waals surface area contributed by atoms with Crippen molar-refractivity contribution in [2.75, 3.05) is 24.6 Å². The number of piperidine rings is 1. The van der Waals surface area contributed by atoms with E-state index >= 15 is 0 Å². The standard InChI is InChI=1S/C14H23N3O3/c1-4-20-13(19)12-11(9-18)15-14(16(12)3)17-7-5-10(2)6-8-17/h10,18H,4-9H2,1-3H3. The van der Waals surface area contributed by atoms with Gasteiger partial charge in [0.1, 0.15) is 5.69 Å². The topological polar surface area (TPSA) is 67.6 Å². The zero-order valence-electron chi connectivity index (χ0n) is 12.4. The zero-order valence-corrected chi connectivity index (χ0v) is 12.4. The first-order chi connectivity index (χ1) is 9.58. The van der Waals surface area contributed by atoms with Gasteiger partial charge in [-0.15, -0.1) is 0 Å². The summed E-state index contributed by atoms with van der Waals surface area (Å²) in [5.41, 5.74) is 0.738. The third kappa shape index (κ3) is 2.80. The molecule has 0 bridgehead atoms. The molecule has 0 amide bonds. The van der Waals surface area contributed by atoms with Crippen LogP contribution >= 0.6 is 0 Å². The minimum Gasteiger partial charge on any atom is -0.461 e. The van der Waals surface area contributed by atoms with Crippen LogP contribution in [0.3, 0.4) is 0 Å². The van der Waals surface area contributed by atoms with Crippen molar-refractivity contribution in [3.63, 3.8) is 0 Å². The van der Waals surface area contributed by atoms with Crippen molar-refractivity contribution >= 4 is 11.9 Å². The predicted molar refractivity (Wildman–Crippen MR) is 75.7 cm³/mol. The first kappa shape index (κ1) is 14.8. The highest BCUT2D eigenvalue weighted by Crippen LogP contribution is 2.24. The molecule has 0 saturated carbocycles. The van der Waals surface area contributed by atoms with Crippen LogP contribution in [0.15, 0.2) is 0 Å². The fourth-order valence-corrected chi connectivity index (χ4v) is 2.60. The molecule has 1 fully saturated rings.